The molecule has 14 heavy (non-hydrogen) atoms. The molecular weight excluding hydrogens is 198 g/mol. The average Bonchev–Trinajstić information content (AvgIpc) is 2.85. The number of imidazole rings is 1. The Morgan fingerprint density at radius 3 is 3.07 bits per heavy atom. The Labute approximate surface area is 85.2 Å². The molecule has 0 N–H and O–H groups in total. The summed E-state index contributed by atoms with van der Waals surface area (Å²) in [5, 5.41) is 0.791. The molecule has 2 aromatic heterocycles. The predicted molar refractivity (Wildman–Crippen MR) is 54.4 cm³/mol. The van der Waals surface area contributed by atoms with Crippen molar-refractivity contribution in [2.75, 3.05) is 0 Å². The van der Waals surface area contributed by atoms with Gasteiger partial charge in [-0.1, -0.05) is 0 Å². The average molecular weight is 207 g/mol. The predicted octanol–water partition coefficient (Wildman–Crippen LogP) is 1.84. The van der Waals surface area contributed by atoms with Gasteiger partial charge < -0.3 is 4.57 Å². The first-order chi connectivity index (χ1) is 6.85. The van der Waals surface area contributed by atoms with Crippen LogP contribution < -0.4 is 0 Å². The van der Waals surface area contributed by atoms with E-state index in [0.29, 0.717) is 4.88 Å². The highest BCUT2D eigenvalue weighted by Gasteiger charge is 2.08. The summed E-state index contributed by atoms with van der Waals surface area (Å²) in [6.45, 7) is 2.89. The van der Waals surface area contributed by atoms with Crippen molar-refractivity contribution in [1.82, 2.24) is 14.5 Å². The summed E-state index contributed by atoms with van der Waals surface area (Å²) in [6.07, 6.45) is 6.01. The van der Waals surface area contributed by atoms with Crippen molar-refractivity contribution in [3.63, 3.8) is 0 Å². The molecule has 2 rings (SSSR count). The molecule has 0 saturated carbocycles. The van der Waals surface area contributed by atoms with Crippen LogP contribution in [0.1, 0.15) is 16.6 Å². The van der Waals surface area contributed by atoms with Crippen molar-refractivity contribution >= 4 is 17.6 Å². The van der Waals surface area contributed by atoms with Gasteiger partial charge in [-0.05, 0) is 6.92 Å². The lowest BCUT2D eigenvalue weighted by molar-refractivity contribution is 0.112. The van der Waals surface area contributed by atoms with Gasteiger partial charge in [0.15, 0.2) is 17.1 Å². The summed E-state index contributed by atoms with van der Waals surface area (Å²) in [4.78, 5) is 19.5. The largest absolute Gasteiger partial charge is 0.329 e. The van der Waals surface area contributed by atoms with Crippen LogP contribution in [0.3, 0.4) is 0 Å². The molecule has 0 aliphatic rings. The molecule has 0 bridgehead atoms. The standard InChI is InChI=1S/C9H9N3OS/c1-2-12-4-3-10-8(12)9-11-5-7(6-13)14-9/h3-6H,2H2,1H3. The minimum absolute atomic E-state index is 0.630. The molecule has 5 heteroatoms. The second kappa shape index (κ2) is 3.71. The van der Waals surface area contributed by atoms with Crippen molar-refractivity contribution in [2.45, 2.75) is 13.5 Å². The Hall–Kier alpha value is -1.49. The van der Waals surface area contributed by atoms with Crippen molar-refractivity contribution < 1.29 is 4.79 Å². The molecule has 0 fully saturated rings. The number of aldehydes is 1. The number of aromatic nitrogens is 3. The fraction of sp³-hybridized carbons (Fsp3) is 0.222. The van der Waals surface area contributed by atoms with Gasteiger partial charge in [-0.2, -0.15) is 0 Å². The molecule has 0 saturated heterocycles. The van der Waals surface area contributed by atoms with E-state index in [4.69, 9.17) is 0 Å². The smallest absolute Gasteiger partial charge is 0.169 e. The molecule has 72 valence electrons. The van der Waals surface area contributed by atoms with Gasteiger partial charge >= 0.3 is 0 Å². The Bertz CT molecular complexity index is 446. The number of hydrogen-bond acceptors (Lipinski definition) is 4. The Morgan fingerprint density at radius 1 is 1.57 bits per heavy atom. The maximum absolute atomic E-state index is 10.5. The van der Waals surface area contributed by atoms with Crippen molar-refractivity contribution in [3.8, 4) is 10.8 Å². The highest BCUT2D eigenvalue weighted by Crippen LogP contribution is 2.22. The van der Waals surface area contributed by atoms with Crippen molar-refractivity contribution in [2.24, 2.45) is 0 Å². The van der Waals surface area contributed by atoms with E-state index in [2.05, 4.69) is 9.97 Å². The van der Waals surface area contributed by atoms with Crippen LogP contribution in [0.25, 0.3) is 10.8 Å². The number of carbonyl (C=O) groups is 1. The van der Waals surface area contributed by atoms with Gasteiger partial charge in [0.1, 0.15) is 0 Å². The molecule has 0 unspecified atom stereocenters. The van der Waals surface area contributed by atoms with Crippen LogP contribution in [0.4, 0.5) is 0 Å². The molecule has 4 nitrogen and oxygen atoms in total. The maximum Gasteiger partial charge on any atom is 0.169 e. The second-order valence-corrected chi connectivity index (χ2v) is 3.78. The van der Waals surface area contributed by atoms with E-state index >= 15 is 0 Å². The lowest BCUT2D eigenvalue weighted by Gasteiger charge is -1.99. The minimum atomic E-state index is 0.630. The van der Waals surface area contributed by atoms with Crippen LogP contribution in [0.2, 0.25) is 0 Å². The van der Waals surface area contributed by atoms with Crippen LogP contribution in [0, 0.1) is 0 Å². The molecule has 0 radical (unpaired) electrons. The maximum atomic E-state index is 10.5. The number of hydrogen-bond donors (Lipinski definition) is 0. The number of nitrogens with zero attached hydrogens (tertiary/aromatic N) is 3. The normalized spacial score (nSPS) is 10.4. The van der Waals surface area contributed by atoms with Gasteiger partial charge in [-0.3, -0.25) is 4.79 Å². The third-order valence-electron chi connectivity index (χ3n) is 1.89. The van der Waals surface area contributed by atoms with Gasteiger partial charge in [0, 0.05) is 25.1 Å². The monoisotopic (exact) mass is 207 g/mol. The zero-order valence-electron chi connectivity index (χ0n) is 7.67. The first kappa shape index (κ1) is 9.08. The molecule has 0 amide bonds. The summed E-state index contributed by atoms with van der Waals surface area (Å²) in [5.41, 5.74) is 0. The lowest BCUT2D eigenvalue weighted by Crippen LogP contribution is -1.94. The van der Waals surface area contributed by atoms with Crippen molar-refractivity contribution in [3.05, 3.63) is 23.5 Å². The minimum Gasteiger partial charge on any atom is -0.329 e. The molecule has 2 heterocycles. The number of carbonyl (C=O) groups excluding carboxylic acids is 1. The molecular formula is C9H9N3OS. The summed E-state index contributed by atoms with van der Waals surface area (Å²) in [7, 11) is 0. The van der Waals surface area contributed by atoms with Gasteiger partial charge in [-0.25, -0.2) is 9.97 Å². The highest BCUT2D eigenvalue weighted by atomic mass is 32.1. The SMILES string of the molecule is CCn1ccnc1-c1ncc(C=O)s1. The lowest BCUT2D eigenvalue weighted by atomic mass is 10.6. The first-order valence-electron chi connectivity index (χ1n) is 4.27. The fourth-order valence-electron chi connectivity index (χ4n) is 1.21. The van der Waals surface area contributed by atoms with E-state index in [-0.39, 0.29) is 0 Å². The van der Waals surface area contributed by atoms with E-state index < -0.39 is 0 Å². The van der Waals surface area contributed by atoms with E-state index in [9.17, 15) is 4.79 Å². The van der Waals surface area contributed by atoms with Crippen LogP contribution in [-0.2, 0) is 6.54 Å². The van der Waals surface area contributed by atoms with Gasteiger partial charge in [0.2, 0.25) is 0 Å². The Balaban J connectivity index is 2.43. The molecule has 0 spiro atoms. The topological polar surface area (TPSA) is 47.8 Å². The van der Waals surface area contributed by atoms with Gasteiger partial charge in [-0.15, -0.1) is 11.3 Å². The summed E-state index contributed by atoms with van der Waals surface area (Å²) >= 11 is 1.36. The summed E-state index contributed by atoms with van der Waals surface area (Å²) < 4.78 is 1.99. The van der Waals surface area contributed by atoms with Crippen LogP contribution in [0.15, 0.2) is 18.6 Å². The van der Waals surface area contributed by atoms with E-state index in [1.807, 2.05) is 17.7 Å². The van der Waals surface area contributed by atoms with Crippen LogP contribution in [-0.4, -0.2) is 20.8 Å². The third kappa shape index (κ3) is 1.46. The van der Waals surface area contributed by atoms with Crippen molar-refractivity contribution in [1.29, 1.82) is 0 Å². The Morgan fingerprint density at radius 2 is 2.43 bits per heavy atom. The van der Waals surface area contributed by atoms with E-state index in [1.165, 1.54) is 11.3 Å². The molecule has 0 aliphatic carbocycles. The molecule has 0 aromatic carbocycles. The Kier molecular flexibility index (Phi) is 2.41. The fourth-order valence-corrected chi connectivity index (χ4v) is 1.95. The second-order valence-electron chi connectivity index (χ2n) is 2.72. The summed E-state index contributed by atoms with van der Waals surface area (Å²) in [5.74, 6) is 0.825. The zero-order chi connectivity index (χ0) is 9.97. The zero-order valence-corrected chi connectivity index (χ0v) is 8.49. The first-order valence-corrected chi connectivity index (χ1v) is 5.09. The number of rotatable bonds is 3. The molecule has 0 atom stereocenters. The molecule has 0 aliphatic heterocycles. The van der Waals surface area contributed by atoms with Gasteiger partial charge in [0.05, 0.1) is 4.88 Å². The third-order valence-corrected chi connectivity index (χ3v) is 2.81. The van der Waals surface area contributed by atoms with Crippen LogP contribution >= 0.6 is 11.3 Å². The van der Waals surface area contributed by atoms with Crippen LogP contribution in [0.5, 0.6) is 0 Å². The van der Waals surface area contributed by atoms with E-state index in [0.717, 1.165) is 23.7 Å². The summed E-state index contributed by atoms with van der Waals surface area (Å²) in [6, 6.07) is 0. The number of aryl methyl sites for hydroxylation is 1. The van der Waals surface area contributed by atoms with E-state index in [1.54, 1.807) is 12.4 Å². The molecule has 2 aromatic rings. The quantitative estimate of drug-likeness (QED) is 0.721. The number of thiazole rings is 1. The highest BCUT2D eigenvalue weighted by molar-refractivity contribution is 7.16. The van der Waals surface area contributed by atoms with Gasteiger partial charge in [0.25, 0.3) is 0 Å².